The number of hydrogen-bond acceptors (Lipinski definition) is 5. The molecule has 1 heterocycles. The number of fused-ring (bicyclic) bond motifs is 1. The summed E-state index contributed by atoms with van der Waals surface area (Å²) < 4.78 is 5.06. The summed E-state index contributed by atoms with van der Waals surface area (Å²) in [6.07, 6.45) is 1.27. The molecular weight excluding hydrogens is 401 g/mol. The molecule has 0 saturated heterocycles. The number of nitrogens with one attached hydrogen (secondary N) is 1. The monoisotopic (exact) mass is 413 g/mol. The van der Waals surface area contributed by atoms with Crippen LogP contribution < -0.4 is 5.32 Å². The molecule has 0 unspecified atom stereocenters. The Bertz CT molecular complexity index is 1120. The normalized spacial score (nSPS) is 10.4. The van der Waals surface area contributed by atoms with Crippen LogP contribution in [0.25, 0.3) is 10.9 Å². The number of rotatable bonds is 4. The third kappa shape index (κ3) is 3.63. The third-order valence-electron chi connectivity index (χ3n) is 3.94. The van der Waals surface area contributed by atoms with E-state index >= 15 is 0 Å². The van der Waals surface area contributed by atoms with Crippen LogP contribution in [0.4, 0.5) is 5.69 Å². The third-order valence-corrected chi connectivity index (χ3v) is 4.57. The molecule has 3 aromatic rings. The molecule has 140 valence electrons. The Morgan fingerprint density at radius 3 is 2.46 bits per heavy atom. The molecule has 0 fully saturated rings. The predicted molar refractivity (Wildman–Crippen MR) is 107 cm³/mol. The molecule has 2 aromatic carbocycles. The van der Waals surface area contributed by atoms with Crippen molar-refractivity contribution in [1.29, 1.82) is 5.26 Å². The molecular formula is C20H13Cl2N3O3. The van der Waals surface area contributed by atoms with E-state index in [9.17, 15) is 14.9 Å². The van der Waals surface area contributed by atoms with Crippen molar-refractivity contribution < 1.29 is 14.3 Å². The molecule has 0 saturated carbocycles. The van der Waals surface area contributed by atoms with Crippen LogP contribution in [-0.2, 0) is 4.74 Å². The van der Waals surface area contributed by atoms with Gasteiger partial charge in [-0.2, -0.15) is 5.26 Å². The molecule has 8 heteroatoms. The van der Waals surface area contributed by atoms with E-state index in [0.717, 1.165) is 0 Å². The van der Waals surface area contributed by atoms with Crippen molar-refractivity contribution in [2.75, 3.05) is 11.9 Å². The number of carbonyl (C=O) groups is 2. The van der Waals surface area contributed by atoms with Crippen molar-refractivity contribution in [3.05, 3.63) is 69.3 Å². The first kappa shape index (κ1) is 19.6. The number of anilines is 1. The topological polar surface area (TPSA) is 92.1 Å². The number of nitrogens with zero attached hydrogens (tertiary/aromatic N) is 2. The van der Waals surface area contributed by atoms with Gasteiger partial charge in [0.15, 0.2) is 0 Å². The predicted octanol–water partition coefficient (Wildman–Crippen LogP) is 4.84. The molecule has 0 aliphatic heterocycles. The Morgan fingerprint density at radius 2 is 1.82 bits per heavy atom. The van der Waals surface area contributed by atoms with Crippen molar-refractivity contribution in [2.45, 2.75) is 6.92 Å². The van der Waals surface area contributed by atoms with Crippen LogP contribution in [0.15, 0.2) is 42.6 Å². The van der Waals surface area contributed by atoms with Gasteiger partial charge in [0.2, 0.25) is 0 Å². The van der Waals surface area contributed by atoms with Crippen molar-refractivity contribution in [2.24, 2.45) is 0 Å². The summed E-state index contributed by atoms with van der Waals surface area (Å²) in [5, 5.41) is 12.8. The Hall–Kier alpha value is -3.14. The van der Waals surface area contributed by atoms with Crippen molar-refractivity contribution >= 4 is 51.7 Å². The van der Waals surface area contributed by atoms with Crippen LogP contribution in [0.1, 0.15) is 33.2 Å². The number of hydrogen-bond donors (Lipinski definition) is 1. The van der Waals surface area contributed by atoms with E-state index in [4.69, 9.17) is 27.9 Å². The standard InChI is InChI=1S/C20H13Cl2N3O3/c1-2-28-20(27)16-11(9-23)10-24-18-12(16)5-3-8-15(18)25-19(26)17-13(21)6-4-7-14(17)22/h3-8,10H,2H2,1H3,(H,25,26). The van der Waals surface area contributed by atoms with Gasteiger partial charge in [-0.1, -0.05) is 41.4 Å². The van der Waals surface area contributed by atoms with Gasteiger partial charge in [0, 0.05) is 11.6 Å². The number of nitriles is 1. The fourth-order valence-corrected chi connectivity index (χ4v) is 3.30. The lowest BCUT2D eigenvalue weighted by molar-refractivity contribution is 0.0528. The second-order valence-corrected chi connectivity index (χ2v) is 6.45. The first-order chi connectivity index (χ1) is 13.5. The van der Waals surface area contributed by atoms with Crippen molar-refractivity contribution in [3.63, 3.8) is 0 Å². The van der Waals surface area contributed by atoms with E-state index in [0.29, 0.717) is 16.6 Å². The highest BCUT2D eigenvalue weighted by Gasteiger charge is 2.21. The number of halogens is 2. The van der Waals surface area contributed by atoms with Gasteiger partial charge >= 0.3 is 5.97 Å². The van der Waals surface area contributed by atoms with Gasteiger partial charge in [-0.3, -0.25) is 9.78 Å². The molecule has 0 atom stereocenters. The Balaban J connectivity index is 2.11. The van der Waals surface area contributed by atoms with E-state index in [2.05, 4.69) is 10.3 Å². The Morgan fingerprint density at radius 1 is 1.14 bits per heavy atom. The maximum atomic E-state index is 12.7. The first-order valence-electron chi connectivity index (χ1n) is 8.22. The number of pyridine rings is 1. The molecule has 0 spiro atoms. The van der Waals surface area contributed by atoms with Gasteiger partial charge in [0.25, 0.3) is 5.91 Å². The first-order valence-corrected chi connectivity index (χ1v) is 8.97. The second kappa shape index (κ2) is 8.26. The number of carbonyl (C=O) groups excluding carboxylic acids is 2. The number of benzene rings is 2. The fourth-order valence-electron chi connectivity index (χ4n) is 2.73. The van der Waals surface area contributed by atoms with Gasteiger partial charge in [0.1, 0.15) is 6.07 Å². The lowest BCUT2D eigenvalue weighted by Crippen LogP contribution is -2.14. The summed E-state index contributed by atoms with van der Waals surface area (Å²) in [4.78, 5) is 29.3. The fraction of sp³-hybridized carbons (Fsp3) is 0.100. The number of amides is 1. The summed E-state index contributed by atoms with van der Waals surface area (Å²) in [5.74, 6) is -1.16. The quantitative estimate of drug-likeness (QED) is 0.617. The number of esters is 1. The molecule has 6 nitrogen and oxygen atoms in total. The van der Waals surface area contributed by atoms with Gasteiger partial charge in [-0.05, 0) is 25.1 Å². The molecule has 1 N–H and O–H groups in total. The summed E-state index contributed by atoms with van der Waals surface area (Å²) >= 11 is 12.2. The summed E-state index contributed by atoms with van der Waals surface area (Å²) in [5.41, 5.74) is 0.988. The van der Waals surface area contributed by atoms with Crippen LogP contribution in [0.2, 0.25) is 10.0 Å². The Kier molecular flexibility index (Phi) is 5.78. The van der Waals surface area contributed by atoms with E-state index in [1.807, 2.05) is 6.07 Å². The van der Waals surface area contributed by atoms with Crippen molar-refractivity contribution in [1.82, 2.24) is 4.98 Å². The summed E-state index contributed by atoms with van der Waals surface area (Å²) in [6, 6.07) is 11.6. The smallest absolute Gasteiger partial charge is 0.340 e. The van der Waals surface area contributed by atoms with E-state index in [1.54, 1.807) is 43.3 Å². The van der Waals surface area contributed by atoms with Gasteiger partial charge < -0.3 is 10.1 Å². The largest absolute Gasteiger partial charge is 0.462 e. The minimum Gasteiger partial charge on any atom is -0.462 e. The lowest BCUT2D eigenvalue weighted by atomic mass is 10.0. The highest BCUT2D eigenvalue weighted by Crippen LogP contribution is 2.29. The average molecular weight is 414 g/mol. The summed E-state index contributed by atoms with van der Waals surface area (Å²) in [7, 11) is 0. The minimum absolute atomic E-state index is 0.0866. The number of aromatic nitrogens is 1. The van der Waals surface area contributed by atoms with Crippen LogP contribution in [0, 0.1) is 11.3 Å². The molecule has 3 rings (SSSR count). The van der Waals surface area contributed by atoms with E-state index in [1.165, 1.54) is 6.20 Å². The lowest BCUT2D eigenvalue weighted by Gasteiger charge is -2.12. The van der Waals surface area contributed by atoms with Gasteiger partial charge in [-0.25, -0.2) is 4.79 Å². The number of para-hydroxylation sites is 1. The molecule has 1 amide bonds. The zero-order chi connectivity index (χ0) is 20.3. The maximum absolute atomic E-state index is 12.7. The molecule has 0 aliphatic carbocycles. The van der Waals surface area contributed by atoms with Gasteiger partial charge in [0.05, 0.1) is 44.5 Å². The zero-order valence-electron chi connectivity index (χ0n) is 14.6. The Labute approximate surface area is 170 Å². The van der Waals surface area contributed by atoms with E-state index in [-0.39, 0.29) is 33.3 Å². The second-order valence-electron chi connectivity index (χ2n) is 5.63. The van der Waals surface area contributed by atoms with Crippen LogP contribution in [0.3, 0.4) is 0 Å². The summed E-state index contributed by atoms with van der Waals surface area (Å²) in [6.45, 7) is 1.83. The van der Waals surface area contributed by atoms with Crippen LogP contribution in [-0.4, -0.2) is 23.5 Å². The highest BCUT2D eigenvalue weighted by atomic mass is 35.5. The minimum atomic E-state index is -0.635. The molecule has 1 aromatic heterocycles. The SMILES string of the molecule is CCOC(=O)c1c(C#N)cnc2c(NC(=O)c3c(Cl)cccc3Cl)cccc12. The average Bonchev–Trinajstić information content (AvgIpc) is 2.67. The van der Waals surface area contributed by atoms with Crippen molar-refractivity contribution in [3.8, 4) is 6.07 Å². The molecule has 28 heavy (non-hydrogen) atoms. The zero-order valence-corrected chi connectivity index (χ0v) is 16.1. The van der Waals surface area contributed by atoms with Crippen LogP contribution in [0.5, 0.6) is 0 Å². The van der Waals surface area contributed by atoms with E-state index < -0.39 is 11.9 Å². The molecule has 0 radical (unpaired) electrons. The van der Waals surface area contributed by atoms with Crippen LogP contribution >= 0.6 is 23.2 Å². The van der Waals surface area contributed by atoms with Gasteiger partial charge in [-0.15, -0.1) is 0 Å². The maximum Gasteiger partial charge on any atom is 0.340 e. The highest BCUT2D eigenvalue weighted by molar-refractivity contribution is 6.40. The number of ether oxygens (including phenoxy) is 1. The molecule has 0 aliphatic rings. The molecule has 0 bridgehead atoms.